The molecule has 2 heterocycles. The second-order valence-corrected chi connectivity index (χ2v) is 5.86. The smallest absolute Gasteiger partial charge is 0.228 e. The van der Waals surface area contributed by atoms with Gasteiger partial charge in [0.25, 0.3) is 0 Å². The molecule has 0 unspecified atom stereocenters. The molecule has 2 aliphatic heterocycles. The van der Waals surface area contributed by atoms with E-state index in [4.69, 9.17) is 0 Å². The molecule has 1 N–H and O–H groups in total. The van der Waals surface area contributed by atoms with Gasteiger partial charge in [0, 0.05) is 24.5 Å². The second-order valence-electron chi connectivity index (χ2n) is 5.86. The van der Waals surface area contributed by atoms with Gasteiger partial charge in [0.2, 0.25) is 5.91 Å². The lowest BCUT2D eigenvalue weighted by Gasteiger charge is -2.35. The minimum absolute atomic E-state index is 0.230. The van der Waals surface area contributed by atoms with Crippen molar-refractivity contribution in [2.75, 3.05) is 19.6 Å². The molecule has 3 nitrogen and oxygen atoms in total. The summed E-state index contributed by atoms with van der Waals surface area (Å²) in [5.74, 6) is 1.07. The Hall–Kier alpha value is -0.570. The highest BCUT2D eigenvalue weighted by molar-refractivity contribution is 5.82. The first-order valence-electron chi connectivity index (χ1n) is 6.02. The van der Waals surface area contributed by atoms with Crippen LogP contribution in [-0.4, -0.2) is 36.5 Å². The molecular weight excluding hydrogens is 188 g/mol. The van der Waals surface area contributed by atoms with Crippen LogP contribution in [0.15, 0.2) is 0 Å². The van der Waals surface area contributed by atoms with Crippen molar-refractivity contribution in [1.82, 2.24) is 10.2 Å². The van der Waals surface area contributed by atoms with Gasteiger partial charge in [0.15, 0.2) is 0 Å². The second kappa shape index (κ2) is 3.78. The van der Waals surface area contributed by atoms with Gasteiger partial charge < -0.3 is 10.2 Å². The number of rotatable bonds is 0. The van der Waals surface area contributed by atoms with Crippen molar-refractivity contribution in [3.8, 4) is 0 Å². The van der Waals surface area contributed by atoms with E-state index in [1.54, 1.807) is 0 Å². The monoisotopic (exact) mass is 210 g/mol. The molecular formula is C12H22N2O. The third kappa shape index (κ3) is 2.03. The van der Waals surface area contributed by atoms with Crippen LogP contribution >= 0.6 is 0 Å². The Balaban J connectivity index is 2.08. The predicted octanol–water partition coefficient (Wildman–Crippen LogP) is 1.24. The lowest BCUT2D eigenvalue weighted by Crippen LogP contribution is -2.50. The van der Waals surface area contributed by atoms with E-state index in [1.807, 2.05) is 20.8 Å². The molecule has 1 amide bonds. The Bertz CT molecular complexity index is 257. The zero-order chi connectivity index (χ0) is 11.1. The van der Waals surface area contributed by atoms with Gasteiger partial charge in [-0.3, -0.25) is 4.79 Å². The minimum atomic E-state index is -0.230. The minimum Gasteiger partial charge on any atom is -0.338 e. The third-order valence-electron chi connectivity index (χ3n) is 3.63. The molecule has 15 heavy (non-hydrogen) atoms. The number of piperidine rings is 1. The number of likely N-dealkylation sites (tertiary alicyclic amines) is 1. The molecule has 0 aromatic heterocycles. The number of nitrogens with one attached hydrogen (secondary N) is 1. The van der Waals surface area contributed by atoms with Crippen LogP contribution < -0.4 is 5.32 Å². The molecule has 86 valence electrons. The fraction of sp³-hybridized carbons (Fsp3) is 0.917. The van der Waals surface area contributed by atoms with E-state index in [9.17, 15) is 4.79 Å². The summed E-state index contributed by atoms with van der Waals surface area (Å²) < 4.78 is 0. The van der Waals surface area contributed by atoms with Gasteiger partial charge in [-0.05, 0) is 25.3 Å². The van der Waals surface area contributed by atoms with Crippen molar-refractivity contribution in [1.29, 1.82) is 0 Å². The van der Waals surface area contributed by atoms with Crippen molar-refractivity contribution in [3.63, 3.8) is 0 Å². The number of nitrogens with zero attached hydrogens (tertiary/aromatic N) is 1. The summed E-state index contributed by atoms with van der Waals surface area (Å²) >= 11 is 0. The standard InChI is InChI=1S/C12H22N2O/c1-12(2,3)11(15)14-7-5-9-4-6-13-8-10(9)14/h9-10,13H,4-8H2,1-3H3/t9-,10-/m1/s1. The van der Waals surface area contributed by atoms with Gasteiger partial charge in [-0.25, -0.2) is 0 Å². The maximum Gasteiger partial charge on any atom is 0.228 e. The van der Waals surface area contributed by atoms with Gasteiger partial charge in [-0.1, -0.05) is 20.8 Å². The topological polar surface area (TPSA) is 32.3 Å². The Morgan fingerprint density at radius 3 is 2.73 bits per heavy atom. The average Bonchev–Trinajstić information content (AvgIpc) is 2.58. The van der Waals surface area contributed by atoms with Crippen molar-refractivity contribution >= 4 is 5.91 Å². The summed E-state index contributed by atoms with van der Waals surface area (Å²) in [6.07, 6.45) is 2.44. The van der Waals surface area contributed by atoms with Gasteiger partial charge >= 0.3 is 0 Å². The number of hydrogen-bond acceptors (Lipinski definition) is 2. The highest BCUT2D eigenvalue weighted by Gasteiger charge is 2.41. The van der Waals surface area contributed by atoms with E-state index in [1.165, 1.54) is 12.8 Å². The van der Waals surface area contributed by atoms with E-state index >= 15 is 0 Å². The normalized spacial score (nSPS) is 31.5. The molecule has 0 aromatic rings. The average molecular weight is 210 g/mol. The molecule has 3 heteroatoms. The lowest BCUT2D eigenvalue weighted by atomic mass is 9.91. The summed E-state index contributed by atoms with van der Waals surface area (Å²) in [4.78, 5) is 14.3. The lowest BCUT2D eigenvalue weighted by molar-refractivity contribution is -0.140. The van der Waals surface area contributed by atoms with Crippen molar-refractivity contribution in [3.05, 3.63) is 0 Å². The molecule has 0 radical (unpaired) electrons. The molecule has 2 rings (SSSR count). The van der Waals surface area contributed by atoms with Crippen LogP contribution in [0.2, 0.25) is 0 Å². The first-order valence-corrected chi connectivity index (χ1v) is 6.02. The summed E-state index contributed by atoms with van der Waals surface area (Å²) in [7, 11) is 0. The third-order valence-corrected chi connectivity index (χ3v) is 3.63. The first-order chi connectivity index (χ1) is 7.00. The van der Waals surface area contributed by atoms with Gasteiger partial charge in [0.1, 0.15) is 0 Å². The van der Waals surface area contributed by atoms with E-state index in [0.717, 1.165) is 25.6 Å². The summed E-state index contributed by atoms with van der Waals surface area (Å²) in [6, 6.07) is 0.463. The van der Waals surface area contributed by atoms with Crippen LogP contribution in [-0.2, 0) is 4.79 Å². The van der Waals surface area contributed by atoms with Crippen LogP contribution in [0.4, 0.5) is 0 Å². The largest absolute Gasteiger partial charge is 0.338 e. The number of hydrogen-bond donors (Lipinski definition) is 1. The Morgan fingerprint density at radius 1 is 1.33 bits per heavy atom. The fourth-order valence-electron chi connectivity index (χ4n) is 2.75. The quantitative estimate of drug-likeness (QED) is 0.652. The maximum absolute atomic E-state index is 12.2. The molecule has 2 atom stereocenters. The van der Waals surface area contributed by atoms with Gasteiger partial charge in [-0.15, -0.1) is 0 Å². The highest BCUT2D eigenvalue weighted by atomic mass is 16.2. The van der Waals surface area contributed by atoms with Crippen molar-refractivity contribution < 1.29 is 4.79 Å². The molecule has 0 aromatic carbocycles. The SMILES string of the molecule is CC(C)(C)C(=O)N1CC[C@H]2CCNC[C@H]21. The first kappa shape index (κ1) is 10.9. The molecule has 2 fully saturated rings. The maximum atomic E-state index is 12.2. The zero-order valence-electron chi connectivity index (χ0n) is 10.0. The van der Waals surface area contributed by atoms with Crippen LogP contribution in [0.1, 0.15) is 33.6 Å². The van der Waals surface area contributed by atoms with Crippen LogP contribution in [0.3, 0.4) is 0 Å². The molecule has 0 aliphatic carbocycles. The summed E-state index contributed by atoms with van der Waals surface area (Å²) in [6.45, 7) is 9.12. The Labute approximate surface area is 92.2 Å². The Morgan fingerprint density at radius 2 is 2.07 bits per heavy atom. The Kier molecular flexibility index (Phi) is 2.75. The van der Waals surface area contributed by atoms with Crippen LogP contribution in [0, 0.1) is 11.3 Å². The van der Waals surface area contributed by atoms with E-state index in [-0.39, 0.29) is 5.41 Å². The molecule has 0 bridgehead atoms. The van der Waals surface area contributed by atoms with E-state index in [2.05, 4.69) is 10.2 Å². The molecule has 0 saturated carbocycles. The van der Waals surface area contributed by atoms with E-state index < -0.39 is 0 Å². The molecule has 2 aliphatic rings. The van der Waals surface area contributed by atoms with Crippen LogP contribution in [0.25, 0.3) is 0 Å². The van der Waals surface area contributed by atoms with E-state index in [0.29, 0.717) is 11.9 Å². The van der Waals surface area contributed by atoms with Gasteiger partial charge in [-0.2, -0.15) is 0 Å². The molecule has 2 saturated heterocycles. The van der Waals surface area contributed by atoms with Crippen LogP contribution in [0.5, 0.6) is 0 Å². The molecule has 0 spiro atoms. The highest BCUT2D eigenvalue weighted by Crippen LogP contribution is 2.32. The van der Waals surface area contributed by atoms with Crippen molar-refractivity contribution in [2.24, 2.45) is 11.3 Å². The zero-order valence-corrected chi connectivity index (χ0v) is 10.0. The predicted molar refractivity (Wildman–Crippen MR) is 60.5 cm³/mol. The number of carbonyl (C=O) groups is 1. The van der Waals surface area contributed by atoms with Crippen molar-refractivity contribution in [2.45, 2.75) is 39.7 Å². The fourth-order valence-corrected chi connectivity index (χ4v) is 2.75. The van der Waals surface area contributed by atoms with Gasteiger partial charge in [0.05, 0.1) is 0 Å². The number of amides is 1. The number of carbonyl (C=O) groups excluding carboxylic acids is 1. The summed E-state index contributed by atoms with van der Waals surface area (Å²) in [5, 5.41) is 3.40. The number of fused-ring (bicyclic) bond motifs is 1. The summed E-state index contributed by atoms with van der Waals surface area (Å²) in [5.41, 5.74) is -0.230.